The zero-order valence-corrected chi connectivity index (χ0v) is 11.3. The predicted molar refractivity (Wildman–Crippen MR) is 74.5 cm³/mol. The van der Waals surface area contributed by atoms with E-state index in [9.17, 15) is 8.42 Å². The Bertz CT molecular complexity index is 793. The summed E-state index contributed by atoms with van der Waals surface area (Å²) in [5.74, 6) is 0.568. The van der Waals surface area contributed by atoms with E-state index in [1.807, 2.05) is 30.3 Å². The van der Waals surface area contributed by atoms with Gasteiger partial charge in [0.1, 0.15) is 16.2 Å². The molecule has 0 radical (unpaired) electrons. The third kappa shape index (κ3) is 2.56. The molecule has 0 saturated carbocycles. The number of sulfonamides is 1. The molecule has 2 heterocycles. The van der Waals surface area contributed by atoms with Crippen LogP contribution in [0, 0.1) is 0 Å². The van der Waals surface area contributed by atoms with Gasteiger partial charge in [0.25, 0.3) is 0 Å². The lowest BCUT2D eigenvalue weighted by Gasteiger charge is -2.04. The second-order valence-corrected chi connectivity index (χ2v) is 6.03. The Balaban J connectivity index is 1.79. The number of hydrogen-bond donors (Lipinski definition) is 1. The molecule has 0 aliphatic rings. The van der Waals surface area contributed by atoms with Gasteiger partial charge in [-0.1, -0.05) is 18.2 Å². The molecule has 0 atom stereocenters. The fourth-order valence-electron chi connectivity index (χ4n) is 1.88. The summed E-state index contributed by atoms with van der Waals surface area (Å²) in [5.41, 5.74) is 0.739. The van der Waals surface area contributed by atoms with Gasteiger partial charge in [0.05, 0.1) is 6.54 Å². The number of nitrogens with one attached hydrogen (secondary N) is 1. The summed E-state index contributed by atoms with van der Waals surface area (Å²) in [7, 11) is -3.57. The minimum Gasteiger partial charge on any atom is -0.460 e. The number of nitrogens with zero attached hydrogens (tertiary/aromatic N) is 1. The Hall–Kier alpha value is -2.18. The van der Waals surface area contributed by atoms with E-state index < -0.39 is 10.0 Å². The van der Waals surface area contributed by atoms with Crippen LogP contribution in [0.4, 0.5) is 0 Å². The molecular weight excluding hydrogens is 276 g/mol. The largest absolute Gasteiger partial charge is 0.460 e. The fraction of sp³-hybridized carbons (Fsp3) is 0.0714. The molecular formula is C14H12N2O3S. The zero-order valence-electron chi connectivity index (χ0n) is 10.5. The Morgan fingerprint density at radius 1 is 1.15 bits per heavy atom. The minimum absolute atomic E-state index is 0.103. The van der Waals surface area contributed by atoms with Gasteiger partial charge in [-0.2, -0.15) is 0 Å². The summed E-state index contributed by atoms with van der Waals surface area (Å²) in [4.78, 5) is 3.93. The Labute approximate surface area is 116 Å². The lowest BCUT2D eigenvalue weighted by Crippen LogP contribution is -2.23. The Kier molecular flexibility index (Phi) is 3.25. The summed E-state index contributed by atoms with van der Waals surface area (Å²) in [5, 5.41) is 0.947. The number of hydrogen-bond acceptors (Lipinski definition) is 4. The van der Waals surface area contributed by atoms with E-state index in [1.54, 1.807) is 6.07 Å². The average molecular weight is 288 g/mol. The van der Waals surface area contributed by atoms with E-state index in [0.717, 1.165) is 11.0 Å². The van der Waals surface area contributed by atoms with Gasteiger partial charge in [0.15, 0.2) is 0 Å². The molecule has 1 aromatic carbocycles. The van der Waals surface area contributed by atoms with Gasteiger partial charge in [0, 0.05) is 17.8 Å². The van der Waals surface area contributed by atoms with Gasteiger partial charge in [-0.25, -0.2) is 13.1 Å². The van der Waals surface area contributed by atoms with E-state index in [-0.39, 0.29) is 11.4 Å². The highest BCUT2D eigenvalue weighted by Gasteiger charge is 2.14. The molecule has 0 spiro atoms. The summed E-state index contributed by atoms with van der Waals surface area (Å²) in [6.45, 7) is 0.103. The Morgan fingerprint density at radius 3 is 2.75 bits per heavy atom. The van der Waals surface area contributed by atoms with Crippen molar-refractivity contribution in [1.29, 1.82) is 0 Å². The molecule has 1 N–H and O–H groups in total. The number of para-hydroxylation sites is 1. The third-order valence-electron chi connectivity index (χ3n) is 2.86. The first-order valence-electron chi connectivity index (χ1n) is 6.02. The van der Waals surface area contributed by atoms with Crippen LogP contribution in [0.3, 0.4) is 0 Å². The van der Waals surface area contributed by atoms with Crippen LogP contribution in [0.25, 0.3) is 11.0 Å². The van der Waals surface area contributed by atoms with Crippen LogP contribution in [0.1, 0.15) is 5.76 Å². The number of rotatable bonds is 4. The van der Waals surface area contributed by atoms with Crippen molar-refractivity contribution in [1.82, 2.24) is 9.71 Å². The van der Waals surface area contributed by atoms with Crippen molar-refractivity contribution in [2.24, 2.45) is 0 Å². The van der Waals surface area contributed by atoms with Gasteiger partial charge in [-0.3, -0.25) is 4.98 Å². The number of furan rings is 1. The number of aromatic nitrogens is 1. The zero-order chi connectivity index (χ0) is 14.0. The molecule has 6 heteroatoms. The SMILES string of the molecule is O=S(=O)(NCc1cc2ccccc2o1)c1cccnc1. The first-order valence-corrected chi connectivity index (χ1v) is 7.51. The van der Waals surface area contributed by atoms with Crippen molar-refractivity contribution in [2.75, 3.05) is 0 Å². The standard InChI is InChI=1S/C14H12N2O3S/c17-20(18,13-5-3-7-15-10-13)16-9-12-8-11-4-1-2-6-14(11)19-12/h1-8,10,16H,9H2. The monoisotopic (exact) mass is 288 g/mol. The molecule has 2 aromatic heterocycles. The number of pyridine rings is 1. The van der Waals surface area contributed by atoms with E-state index in [0.29, 0.717) is 5.76 Å². The molecule has 0 amide bonds. The highest BCUT2D eigenvalue weighted by molar-refractivity contribution is 7.89. The number of fused-ring (bicyclic) bond motifs is 1. The fourth-order valence-corrected chi connectivity index (χ4v) is 2.84. The maximum Gasteiger partial charge on any atom is 0.242 e. The first-order chi connectivity index (χ1) is 9.65. The van der Waals surface area contributed by atoms with E-state index in [1.165, 1.54) is 18.5 Å². The van der Waals surface area contributed by atoms with Crippen molar-refractivity contribution in [3.63, 3.8) is 0 Å². The van der Waals surface area contributed by atoms with Gasteiger partial charge in [0.2, 0.25) is 10.0 Å². The highest BCUT2D eigenvalue weighted by Crippen LogP contribution is 2.19. The summed E-state index contributed by atoms with van der Waals surface area (Å²) >= 11 is 0. The Morgan fingerprint density at radius 2 is 2.00 bits per heavy atom. The normalized spacial score (nSPS) is 11.8. The van der Waals surface area contributed by atoms with E-state index in [2.05, 4.69) is 9.71 Å². The summed E-state index contributed by atoms with van der Waals surface area (Å²) in [6, 6.07) is 12.4. The molecule has 102 valence electrons. The van der Waals surface area contributed by atoms with Crippen LogP contribution in [-0.2, 0) is 16.6 Å². The smallest absolute Gasteiger partial charge is 0.242 e. The second kappa shape index (κ2) is 5.07. The van der Waals surface area contributed by atoms with Crippen molar-refractivity contribution in [3.8, 4) is 0 Å². The lowest BCUT2D eigenvalue weighted by molar-refractivity contribution is 0.529. The van der Waals surface area contributed by atoms with Crippen LogP contribution in [-0.4, -0.2) is 13.4 Å². The summed E-state index contributed by atoms with van der Waals surface area (Å²) < 4.78 is 32.1. The maximum atomic E-state index is 12.0. The van der Waals surface area contributed by atoms with Crippen molar-refractivity contribution < 1.29 is 12.8 Å². The van der Waals surface area contributed by atoms with Gasteiger partial charge >= 0.3 is 0 Å². The lowest BCUT2D eigenvalue weighted by atomic mass is 10.2. The predicted octanol–water partition coefficient (Wildman–Crippen LogP) is 2.31. The summed E-state index contributed by atoms with van der Waals surface area (Å²) in [6.07, 6.45) is 2.83. The maximum absolute atomic E-state index is 12.0. The molecule has 0 fully saturated rings. The molecule has 20 heavy (non-hydrogen) atoms. The molecule has 0 bridgehead atoms. The van der Waals surface area contributed by atoms with Crippen molar-refractivity contribution >= 4 is 21.0 Å². The second-order valence-electron chi connectivity index (χ2n) is 4.26. The highest BCUT2D eigenvalue weighted by atomic mass is 32.2. The van der Waals surface area contributed by atoms with Crippen LogP contribution in [0.15, 0.2) is 64.2 Å². The molecule has 3 rings (SSSR count). The van der Waals surface area contributed by atoms with Gasteiger partial charge in [-0.15, -0.1) is 0 Å². The van der Waals surface area contributed by atoms with Crippen molar-refractivity contribution in [2.45, 2.75) is 11.4 Å². The molecule has 0 saturated heterocycles. The average Bonchev–Trinajstić information content (AvgIpc) is 2.89. The minimum atomic E-state index is -3.57. The van der Waals surface area contributed by atoms with E-state index >= 15 is 0 Å². The van der Waals surface area contributed by atoms with E-state index in [4.69, 9.17) is 4.42 Å². The van der Waals surface area contributed by atoms with Gasteiger partial charge < -0.3 is 4.42 Å². The van der Waals surface area contributed by atoms with Crippen LogP contribution in [0.2, 0.25) is 0 Å². The topological polar surface area (TPSA) is 72.2 Å². The number of benzene rings is 1. The van der Waals surface area contributed by atoms with Crippen molar-refractivity contribution in [3.05, 3.63) is 60.6 Å². The molecule has 0 unspecified atom stereocenters. The van der Waals surface area contributed by atoms with Crippen LogP contribution in [0.5, 0.6) is 0 Å². The quantitative estimate of drug-likeness (QED) is 0.799. The third-order valence-corrected chi connectivity index (χ3v) is 4.24. The van der Waals surface area contributed by atoms with Crippen LogP contribution < -0.4 is 4.72 Å². The van der Waals surface area contributed by atoms with Crippen LogP contribution >= 0.6 is 0 Å². The molecule has 3 aromatic rings. The van der Waals surface area contributed by atoms with Gasteiger partial charge in [-0.05, 0) is 24.3 Å². The molecule has 5 nitrogen and oxygen atoms in total. The molecule has 0 aliphatic heterocycles. The molecule has 0 aliphatic carbocycles. The first kappa shape index (κ1) is 12.8.